The van der Waals surface area contributed by atoms with Gasteiger partial charge < -0.3 is 10.6 Å². The van der Waals surface area contributed by atoms with Crippen LogP contribution in [0.25, 0.3) is 0 Å². The SMILES string of the molecule is CCCCN(CCCC)C(=O)CC1(CN)CCC1. The molecule has 0 saturated heterocycles. The Bertz CT molecular complexity index is 235. The molecule has 0 unspecified atom stereocenters. The highest BCUT2D eigenvalue weighted by Crippen LogP contribution is 2.43. The molecule has 0 bridgehead atoms. The van der Waals surface area contributed by atoms with Crippen molar-refractivity contribution in [3.8, 4) is 0 Å². The maximum atomic E-state index is 12.4. The molecule has 0 aromatic rings. The Hall–Kier alpha value is -0.570. The third kappa shape index (κ3) is 4.27. The molecule has 2 N–H and O–H groups in total. The van der Waals surface area contributed by atoms with Gasteiger partial charge in [-0.1, -0.05) is 33.1 Å². The average molecular weight is 254 g/mol. The van der Waals surface area contributed by atoms with Gasteiger partial charge in [0.1, 0.15) is 0 Å². The molecule has 1 fully saturated rings. The van der Waals surface area contributed by atoms with Crippen molar-refractivity contribution in [3.05, 3.63) is 0 Å². The van der Waals surface area contributed by atoms with Crippen LogP contribution in [0.3, 0.4) is 0 Å². The van der Waals surface area contributed by atoms with E-state index in [2.05, 4.69) is 18.7 Å². The van der Waals surface area contributed by atoms with E-state index in [4.69, 9.17) is 5.73 Å². The highest BCUT2D eigenvalue weighted by molar-refractivity contribution is 5.77. The summed E-state index contributed by atoms with van der Waals surface area (Å²) in [6.07, 6.45) is 8.74. The molecule has 0 aliphatic heterocycles. The first-order valence-electron chi connectivity index (χ1n) is 7.65. The highest BCUT2D eigenvalue weighted by atomic mass is 16.2. The monoisotopic (exact) mass is 254 g/mol. The van der Waals surface area contributed by atoms with E-state index in [-0.39, 0.29) is 5.41 Å². The van der Waals surface area contributed by atoms with Crippen LogP contribution in [-0.4, -0.2) is 30.4 Å². The van der Waals surface area contributed by atoms with Gasteiger partial charge in [0, 0.05) is 19.5 Å². The van der Waals surface area contributed by atoms with Crippen molar-refractivity contribution in [1.82, 2.24) is 4.90 Å². The molecule has 1 rings (SSSR count). The van der Waals surface area contributed by atoms with Gasteiger partial charge in [-0.25, -0.2) is 0 Å². The van der Waals surface area contributed by atoms with Crippen LogP contribution in [-0.2, 0) is 4.79 Å². The third-order valence-electron chi connectivity index (χ3n) is 4.29. The van der Waals surface area contributed by atoms with Crippen LogP contribution in [0, 0.1) is 5.41 Å². The summed E-state index contributed by atoms with van der Waals surface area (Å²) < 4.78 is 0. The number of rotatable bonds is 9. The molecule has 1 amide bonds. The molecule has 106 valence electrons. The summed E-state index contributed by atoms with van der Waals surface area (Å²) >= 11 is 0. The first-order chi connectivity index (χ1) is 8.67. The van der Waals surface area contributed by atoms with Crippen LogP contribution in [0.4, 0.5) is 0 Å². The Balaban J connectivity index is 2.46. The van der Waals surface area contributed by atoms with Crippen molar-refractivity contribution in [1.29, 1.82) is 0 Å². The molecule has 18 heavy (non-hydrogen) atoms. The van der Waals surface area contributed by atoms with Crippen LogP contribution in [0.15, 0.2) is 0 Å². The molecular weight excluding hydrogens is 224 g/mol. The molecule has 1 saturated carbocycles. The minimum atomic E-state index is 0.147. The molecule has 0 spiro atoms. The van der Waals surface area contributed by atoms with Gasteiger partial charge in [-0.3, -0.25) is 4.79 Å². The van der Waals surface area contributed by atoms with Crippen LogP contribution < -0.4 is 5.73 Å². The number of amides is 1. The second kappa shape index (κ2) is 7.78. The lowest BCUT2D eigenvalue weighted by molar-refractivity contribution is -0.135. The first kappa shape index (κ1) is 15.5. The van der Waals surface area contributed by atoms with Crippen LogP contribution in [0.1, 0.15) is 65.2 Å². The molecule has 0 aromatic carbocycles. The van der Waals surface area contributed by atoms with Crippen LogP contribution in [0.2, 0.25) is 0 Å². The number of nitrogens with two attached hydrogens (primary N) is 1. The van der Waals surface area contributed by atoms with Gasteiger partial charge in [-0.2, -0.15) is 0 Å². The number of hydrogen-bond donors (Lipinski definition) is 1. The van der Waals surface area contributed by atoms with Crippen molar-refractivity contribution in [2.45, 2.75) is 65.2 Å². The van der Waals surface area contributed by atoms with Crippen molar-refractivity contribution in [2.75, 3.05) is 19.6 Å². The first-order valence-corrected chi connectivity index (χ1v) is 7.65. The second-order valence-electron chi connectivity index (χ2n) is 5.82. The fourth-order valence-corrected chi connectivity index (χ4v) is 2.62. The Morgan fingerprint density at radius 1 is 1.17 bits per heavy atom. The number of hydrogen-bond acceptors (Lipinski definition) is 2. The highest BCUT2D eigenvalue weighted by Gasteiger charge is 2.38. The van der Waals surface area contributed by atoms with Gasteiger partial charge in [0.25, 0.3) is 0 Å². The van der Waals surface area contributed by atoms with Gasteiger partial charge in [0.15, 0.2) is 0 Å². The molecule has 0 radical (unpaired) electrons. The quantitative estimate of drug-likeness (QED) is 0.687. The molecule has 1 aliphatic rings. The van der Waals surface area contributed by atoms with Gasteiger partial charge in [0.05, 0.1) is 0 Å². The number of carbonyl (C=O) groups is 1. The zero-order valence-corrected chi connectivity index (χ0v) is 12.2. The van der Waals surface area contributed by atoms with E-state index in [1.165, 1.54) is 6.42 Å². The maximum absolute atomic E-state index is 12.4. The van der Waals surface area contributed by atoms with Gasteiger partial charge >= 0.3 is 0 Å². The lowest BCUT2D eigenvalue weighted by atomic mass is 9.66. The summed E-state index contributed by atoms with van der Waals surface area (Å²) in [4.78, 5) is 14.5. The lowest BCUT2D eigenvalue weighted by Gasteiger charge is -2.41. The summed E-state index contributed by atoms with van der Waals surface area (Å²) in [7, 11) is 0. The van der Waals surface area contributed by atoms with E-state index in [9.17, 15) is 4.79 Å². The lowest BCUT2D eigenvalue weighted by Crippen LogP contribution is -2.43. The Morgan fingerprint density at radius 3 is 2.06 bits per heavy atom. The summed E-state index contributed by atoms with van der Waals surface area (Å²) in [6.45, 7) is 6.88. The van der Waals surface area contributed by atoms with Gasteiger partial charge in [-0.15, -0.1) is 0 Å². The minimum absolute atomic E-state index is 0.147. The van der Waals surface area contributed by atoms with Crippen molar-refractivity contribution in [2.24, 2.45) is 11.1 Å². The Kier molecular flexibility index (Phi) is 6.69. The smallest absolute Gasteiger partial charge is 0.223 e. The molecule has 1 aliphatic carbocycles. The predicted molar refractivity (Wildman–Crippen MR) is 76.4 cm³/mol. The Morgan fingerprint density at radius 2 is 1.72 bits per heavy atom. The zero-order chi connectivity index (χ0) is 13.4. The maximum Gasteiger partial charge on any atom is 0.223 e. The molecule has 3 heteroatoms. The topological polar surface area (TPSA) is 46.3 Å². The molecular formula is C15H30N2O. The third-order valence-corrected chi connectivity index (χ3v) is 4.29. The van der Waals surface area contributed by atoms with Crippen molar-refractivity contribution < 1.29 is 4.79 Å². The molecule has 0 aromatic heterocycles. The van der Waals surface area contributed by atoms with Crippen LogP contribution >= 0.6 is 0 Å². The number of nitrogens with zero attached hydrogens (tertiary/aromatic N) is 1. The normalized spacial score (nSPS) is 17.3. The zero-order valence-electron chi connectivity index (χ0n) is 12.2. The second-order valence-corrected chi connectivity index (χ2v) is 5.82. The summed E-state index contributed by atoms with van der Waals surface area (Å²) in [5.41, 5.74) is 5.99. The summed E-state index contributed by atoms with van der Waals surface area (Å²) in [6, 6.07) is 0. The fraction of sp³-hybridized carbons (Fsp3) is 0.933. The van der Waals surface area contributed by atoms with E-state index in [0.29, 0.717) is 18.9 Å². The van der Waals surface area contributed by atoms with Gasteiger partial charge in [-0.05, 0) is 37.6 Å². The summed E-state index contributed by atoms with van der Waals surface area (Å²) in [5, 5.41) is 0. The van der Waals surface area contributed by atoms with Crippen LogP contribution in [0.5, 0.6) is 0 Å². The van der Waals surface area contributed by atoms with E-state index in [1.54, 1.807) is 0 Å². The number of carbonyl (C=O) groups excluding carboxylic acids is 1. The predicted octanol–water partition coefficient (Wildman–Crippen LogP) is 2.93. The van der Waals surface area contributed by atoms with E-state index >= 15 is 0 Å². The number of unbranched alkanes of at least 4 members (excludes halogenated alkanes) is 2. The van der Waals surface area contributed by atoms with Crippen molar-refractivity contribution in [3.63, 3.8) is 0 Å². The Labute approximate surface area is 112 Å². The standard InChI is InChI=1S/C15H30N2O/c1-3-5-10-17(11-6-4-2)14(18)12-15(13-16)8-7-9-15/h3-13,16H2,1-2H3. The fourth-order valence-electron chi connectivity index (χ4n) is 2.62. The molecule has 0 atom stereocenters. The van der Waals surface area contributed by atoms with E-state index < -0.39 is 0 Å². The van der Waals surface area contributed by atoms with Crippen molar-refractivity contribution >= 4 is 5.91 Å². The van der Waals surface area contributed by atoms with E-state index in [1.807, 2.05) is 0 Å². The summed E-state index contributed by atoms with van der Waals surface area (Å²) in [5.74, 6) is 0.335. The van der Waals surface area contributed by atoms with E-state index in [0.717, 1.165) is 51.6 Å². The molecule has 3 nitrogen and oxygen atoms in total. The minimum Gasteiger partial charge on any atom is -0.343 e. The average Bonchev–Trinajstić information content (AvgIpc) is 2.33. The largest absolute Gasteiger partial charge is 0.343 e. The molecule has 0 heterocycles. The van der Waals surface area contributed by atoms with Gasteiger partial charge in [0.2, 0.25) is 5.91 Å².